The van der Waals surface area contributed by atoms with Gasteiger partial charge in [0.25, 0.3) is 5.91 Å². The number of halogens is 1. The molecule has 2 heterocycles. The smallest absolute Gasteiger partial charge is 0.257 e. The molecule has 2 aromatic carbocycles. The number of hydrogen-bond donors (Lipinski definition) is 1. The number of carbonyl (C=O) groups is 1. The monoisotopic (exact) mass is 392 g/mol. The highest BCUT2D eigenvalue weighted by Gasteiger charge is 2.36. The van der Waals surface area contributed by atoms with Gasteiger partial charge in [0.2, 0.25) is 0 Å². The van der Waals surface area contributed by atoms with Crippen LogP contribution in [0, 0.1) is 11.7 Å². The summed E-state index contributed by atoms with van der Waals surface area (Å²) in [6.07, 6.45) is 2.27. The summed E-state index contributed by atoms with van der Waals surface area (Å²) in [6.45, 7) is 3.82. The van der Waals surface area contributed by atoms with Gasteiger partial charge in [-0.05, 0) is 48.7 Å². The van der Waals surface area contributed by atoms with Gasteiger partial charge in [0, 0.05) is 19.0 Å². The van der Waals surface area contributed by atoms with E-state index in [1.165, 1.54) is 17.7 Å². The van der Waals surface area contributed by atoms with Gasteiger partial charge in [0.15, 0.2) is 0 Å². The number of hydrogen-bond acceptors (Lipinski definition) is 3. The minimum Gasteiger partial charge on any atom is -0.338 e. The number of benzene rings is 2. The molecular formula is C23H25FN4O. The van der Waals surface area contributed by atoms with Gasteiger partial charge >= 0.3 is 0 Å². The van der Waals surface area contributed by atoms with Crippen LogP contribution in [0.15, 0.2) is 60.8 Å². The Labute approximate surface area is 169 Å². The fraction of sp³-hybridized carbons (Fsp3) is 0.304. The van der Waals surface area contributed by atoms with Crippen LogP contribution in [-0.4, -0.2) is 40.2 Å². The molecule has 6 heteroatoms. The zero-order chi connectivity index (χ0) is 20.4. The van der Waals surface area contributed by atoms with Gasteiger partial charge in [0.1, 0.15) is 5.82 Å². The lowest BCUT2D eigenvalue weighted by atomic mass is 9.89. The lowest BCUT2D eigenvalue weighted by Gasteiger charge is -2.17. The minimum atomic E-state index is -0.299. The fourth-order valence-electron chi connectivity index (χ4n) is 4.22. The molecule has 1 saturated heterocycles. The van der Waals surface area contributed by atoms with E-state index in [1.807, 2.05) is 30.0 Å². The second kappa shape index (κ2) is 8.17. The molecule has 2 N–H and O–H groups in total. The zero-order valence-electron chi connectivity index (χ0n) is 16.5. The Balaban J connectivity index is 1.61. The molecule has 3 aromatic rings. The summed E-state index contributed by atoms with van der Waals surface area (Å²) in [4.78, 5) is 15.2. The average Bonchev–Trinajstić information content (AvgIpc) is 3.39. The average molecular weight is 392 g/mol. The van der Waals surface area contributed by atoms with Crippen LogP contribution in [0.1, 0.15) is 34.5 Å². The van der Waals surface area contributed by atoms with Crippen LogP contribution in [0.5, 0.6) is 0 Å². The summed E-state index contributed by atoms with van der Waals surface area (Å²) in [6, 6.07) is 16.4. The van der Waals surface area contributed by atoms with E-state index >= 15 is 0 Å². The van der Waals surface area contributed by atoms with E-state index in [-0.39, 0.29) is 23.6 Å². The Morgan fingerprint density at radius 3 is 2.52 bits per heavy atom. The first-order valence-corrected chi connectivity index (χ1v) is 9.99. The number of carbonyl (C=O) groups excluding carboxylic acids is 1. The van der Waals surface area contributed by atoms with Crippen molar-refractivity contribution in [2.75, 3.05) is 19.6 Å². The summed E-state index contributed by atoms with van der Waals surface area (Å²) in [5.41, 5.74) is 9.41. The molecule has 29 heavy (non-hydrogen) atoms. The van der Waals surface area contributed by atoms with Crippen molar-refractivity contribution in [3.63, 3.8) is 0 Å². The lowest BCUT2D eigenvalue weighted by Crippen LogP contribution is -2.30. The fourth-order valence-corrected chi connectivity index (χ4v) is 4.22. The maximum atomic E-state index is 13.3. The van der Waals surface area contributed by atoms with E-state index in [2.05, 4.69) is 17.2 Å². The van der Waals surface area contributed by atoms with Crippen LogP contribution in [0.2, 0.25) is 0 Å². The third-order valence-corrected chi connectivity index (χ3v) is 5.76. The van der Waals surface area contributed by atoms with Crippen molar-refractivity contribution in [3.05, 3.63) is 83.4 Å². The van der Waals surface area contributed by atoms with Crippen molar-refractivity contribution in [1.29, 1.82) is 0 Å². The molecule has 4 rings (SSSR count). The molecule has 1 aliphatic rings. The summed E-state index contributed by atoms with van der Waals surface area (Å²) in [5, 5.41) is 4.42. The highest BCUT2D eigenvalue weighted by atomic mass is 19.1. The Bertz CT molecular complexity index is 984. The second-order valence-corrected chi connectivity index (χ2v) is 7.47. The number of nitrogens with zero attached hydrogens (tertiary/aromatic N) is 3. The summed E-state index contributed by atoms with van der Waals surface area (Å²) in [7, 11) is 0. The highest BCUT2D eigenvalue weighted by molar-refractivity contribution is 5.95. The zero-order valence-corrected chi connectivity index (χ0v) is 16.5. The number of aromatic nitrogens is 2. The first-order valence-electron chi connectivity index (χ1n) is 9.99. The normalized spacial score (nSPS) is 18.9. The molecule has 0 spiro atoms. The van der Waals surface area contributed by atoms with E-state index in [4.69, 9.17) is 5.73 Å². The van der Waals surface area contributed by atoms with Crippen molar-refractivity contribution < 1.29 is 9.18 Å². The molecule has 0 aliphatic carbocycles. The Kier molecular flexibility index (Phi) is 5.45. The third kappa shape index (κ3) is 3.68. The summed E-state index contributed by atoms with van der Waals surface area (Å²) >= 11 is 0. The van der Waals surface area contributed by atoms with Gasteiger partial charge in [-0.3, -0.25) is 4.79 Å². The van der Waals surface area contributed by atoms with Crippen LogP contribution in [0.25, 0.3) is 5.69 Å². The van der Waals surface area contributed by atoms with Crippen LogP contribution in [-0.2, 0) is 6.42 Å². The van der Waals surface area contributed by atoms with E-state index in [1.54, 1.807) is 23.0 Å². The molecule has 5 nitrogen and oxygen atoms in total. The largest absolute Gasteiger partial charge is 0.338 e. The Hall–Kier alpha value is -2.99. The molecule has 2 atom stereocenters. The first kappa shape index (κ1) is 19.3. The van der Waals surface area contributed by atoms with E-state index in [0.717, 1.165) is 11.4 Å². The van der Waals surface area contributed by atoms with Gasteiger partial charge in [-0.15, -0.1) is 0 Å². The molecule has 1 fully saturated rings. The minimum absolute atomic E-state index is 0.0212. The quantitative estimate of drug-likeness (QED) is 0.724. The van der Waals surface area contributed by atoms with E-state index < -0.39 is 0 Å². The Morgan fingerprint density at radius 2 is 1.86 bits per heavy atom. The number of rotatable bonds is 5. The lowest BCUT2D eigenvalue weighted by molar-refractivity contribution is 0.0785. The van der Waals surface area contributed by atoms with Gasteiger partial charge in [-0.1, -0.05) is 37.3 Å². The van der Waals surface area contributed by atoms with Crippen molar-refractivity contribution >= 4 is 5.91 Å². The van der Waals surface area contributed by atoms with Crippen LogP contribution in [0.3, 0.4) is 0 Å². The molecule has 0 bridgehead atoms. The van der Waals surface area contributed by atoms with Gasteiger partial charge in [-0.2, -0.15) is 5.10 Å². The summed E-state index contributed by atoms with van der Waals surface area (Å²) in [5.74, 6) is 0.153. The predicted molar refractivity (Wildman–Crippen MR) is 111 cm³/mol. The second-order valence-electron chi connectivity index (χ2n) is 7.47. The van der Waals surface area contributed by atoms with Gasteiger partial charge < -0.3 is 10.6 Å². The number of amides is 1. The van der Waals surface area contributed by atoms with Crippen molar-refractivity contribution in [2.45, 2.75) is 19.3 Å². The number of nitrogens with two attached hydrogens (primary N) is 1. The van der Waals surface area contributed by atoms with Crippen molar-refractivity contribution in [1.82, 2.24) is 14.7 Å². The summed E-state index contributed by atoms with van der Waals surface area (Å²) < 4.78 is 15.0. The first-order chi connectivity index (χ1) is 14.1. The maximum Gasteiger partial charge on any atom is 0.257 e. The van der Waals surface area contributed by atoms with Crippen molar-refractivity contribution in [3.8, 4) is 5.69 Å². The topological polar surface area (TPSA) is 64.2 Å². The molecule has 0 unspecified atom stereocenters. The van der Waals surface area contributed by atoms with Gasteiger partial charge in [0.05, 0.1) is 23.1 Å². The molecular weight excluding hydrogens is 367 g/mol. The number of likely N-dealkylation sites (tertiary alicyclic amines) is 1. The SMILES string of the molecule is CCc1c(C(=O)N2C[C@@H](CN)[C@H](c3ccccc3)C2)cnn1-c1ccc(F)cc1. The van der Waals surface area contributed by atoms with Crippen molar-refractivity contribution in [2.24, 2.45) is 11.7 Å². The van der Waals surface area contributed by atoms with E-state index in [9.17, 15) is 9.18 Å². The van der Waals surface area contributed by atoms with Gasteiger partial charge in [-0.25, -0.2) is 9.07 Å². The molecule has 1 amide bonds. The standard InChI is InChI=1S/C23H25FN4O/c1-2-22-20(13-26-28(22)19-10-8-18(24)9-11-19)23(29)27-14-17(12-25)21(15-27)16-6-4-3-5-7-16/h3-11,13,17,21H,2,12,14-15,25H2,1H3/t17-,21+/m1/s1. The predicted octanol–water partition coefficient (Wildman–Crippen LogP) is 3.39. The molecule has 0 radical (unpaired) electrons. The van der Waals surface area contributed by atoms with E-state index in [0.29, 0.717) is 31.6 Å². The Morgan fingerprint density at radius 1 is 1.14 bits per heavy atom. The molecule has 0 saturated carbocycles. The maximum absolute atomic E-state index is 13.3. The van der Waals surface area contributed by atoms with Crippen LogP contribution >= 0.6 is 0 Å². The third-order valence-electron chi connectivity index (χ3n) is 5.76. The van der Waals surface area contributed by atoms with Crippen LogP contribution in [0.4, 0.5) is 4.39 Å². The van der Waals surface area contributed by atoms with Crippen LogP contribution < -0.4 is 5.73 Å². The molecule has 1 aromatic heterocycles. The highest BCUT2D eigenvalue weighted by Crippen LogP contribution is 2.33. The molecule has 1 aliphatic heterocycles. The molecule has 150 valence electrons.